The van der Waals surface area contributed by atoms with Crippen LogP contribution in [0, 0.1) is 17.8 Å². The Kier molecular flexibility index (Phi) is 9.59. The molecule has 126 valence electrons. The molecule has 1 N–H and O–H groups in total. The van der Waals surface area contributed by atoms with Gasteiger partial charge in [0.25, 0.3) is 0 Å². The summed E-state index contributed by atoms with van der Waals surface area (Å²) in [5.41, 5.74) is 0. The average molecular weight is 297 g/mol. The van der Waals surface area contributed by atoms with Crippen molar-refractivity contribution in [3.05, 3.63) is 0 Å². The fourth-order valence-electron chi connectivity index (χ4n) is 3.77. The zero-order chi connectivity index (χ0) is 15.7. The van der Waals surface area contributed by atoms with Gasteiger partial charge in [0.05, 0.1) is 0 Å². The third-order valence-electron chi connectivity index (χ3n) is 5.53. The van der Waals surface area contributed by atoms with Crippen LogP contribution in [-0.2, 0) is 0 Å². The number of hydrogen-bond acceptors (Lipinski definition) is 2. The lowest BCUT2D eigenvalue weighted by Crippen LogP contribution is -2.46. The summed E-state index contributed by atoms with van der Waals surface area (Å²) >= 11 is 0. The van der Waals surface area contributed by atoms with Crippen molar-refractivity contribution in [3.63, 3.8) is 0 Å². The van der Waals surface area contributed by atoms with E-state index in [1.165, 1.54) is 64.7 Å². The predicted octanol–water partition coefficient (Wildman–Crippen LogP) is 4.55. The quantitative estimate of drug-likeness (QED) is 0.636. The Hall–Kier alpha value is -0.0800. The molecule has 0 amide bonds. The Labute approximate surface area is 134 Å². The molecule has 0 radical (unpaired) electrons. The van der Waals surface area contributed by atoms with Gasteiger partial charge >= 0.3 is 0 Å². The molecular weight excluding hydrogens is 256 g/mol. The van der Waals surface area contributed by atoms with Gasteiger partial charge in [-0.1, -0.05) is 47.5 Å². The molecule has 0 saturated heterocycles. The molecule has 1 rings (SSSR count). The molecule has 1 fully saturated rings. The largest absolute Gasteiger partial charge is 0.314 e. The normalized spacial score (nSPS) is 28.0. The van der Waals surface area contributed by atoms with Crippen molar-refractivity contribution in [3.8, 4) is 0 Å². The maximum absolute atomic E-state index is 3.84. The summed E-state index contributed by atoms with van der Waals surface area (Å²) in [5, 5.41) is 3.84. The van der Waals surface area contributed by atoms with E-state index in [9.17, 15) is 0 Å². The van der Waals surface area contributed by atoms with Crippen molar-refractivity contribution >= 4 is 0 Å². The first-order valence-corrected chi connectivity index (χ1v) is 9.60. The number of nitrogens with one attached hydrogen (secondary N) is 1. The van der Waals surface area contributed by atoms with E-state index in [1.54, 1.807) is 0 Å². The summed E-state index contributed by atoms with van der Waals surface area (Å²) < 4.78 is 0. The molecular formula is C19H40N2. The lowest BCUT2D eigenvalue weighted by Gasteiger charge is -2.39. The number of nitrogens with zero attached hydrogens (tertiary/aromatic N) is 1. The summed E-state index contributed by atoms with van der Waals surface area (Å²) in [7, 11) is 0. The lowest BCUT2D eigenvalue weighted by atomic mass is 9.76. The maximum atomic E-state index is 3.84. The Bertz CT molecular complexity index is 254. The molecule has 0 aromatic carbocycles. The molecule has 0 spiro atoms. The van der Waals surface area contributed by atoms with Gasteiger partial charge in [-0.05, 0) is 56.5 Å². The Balaban J connectivity index is 2.57. The second-order valence-electron chi connectivity index (χ2n) is 7.27. The fourth-order valence-corrected chi connectivity index (χ4v) is 3.77. The van der Waals surface area contributed by atoms with Crippen molar-refractivity contribution in [2.45, 2.75) is 79.2 Å². The Morgan fingerprint density at radius 3 is 2.48 bits per heavy atom. The Morgan fingerprint density at radius 1 is 1.14 bits per heavy atom. The molecule has 0 aromatic heterocycles. The molecule has 0 heterocycles. The standard InChI is InChI=1S/C19H40N2/c1-6-12-20-19-11-10-17(8-3)13-18(19)15-21(9-4)14-16(5)7-2/h16-20H,6-15H2,1-5H3. The van der Waals surface area contributed by atoms with E-state index in [0.29, 0.717) is 0 Å². The van der Waals surface area contributed by atoms with Crippen LogP contribution < -0.4 is 5.32 Å². The maximum Gasteiger partial charge on any atom is 0.0108 e. The predicted molar refractivity (Wildman–Crippen MR) is 94.8 cm³/mol. The van der Waals surface area contributed by atoms with Crippen molar-refractivity contribution in [1.82, 2.24) is 10.2 Å². The van der Waals surface area contributed by atoms with Crippen LogP contribution in [-0.4, -0.2) is 37.1 Å². The average Bonchev–Trinajstić information content (AvgIpc) is 2.52. The van der Waals surface area contributed by atoms with E-state index in [-0.39, 0.29) is 0 Å². The first-order valence-electron chi connectivity index (χ1n) is 9.60. The smallest absolute Gasteiger partial charge is 0.0108 e. The van der Waals surface area contributed by atoms with Crippen molar-refractivity contribution in [2.24, 2.45) is 17.8 Å². The molecule has 1 saturated carbocycles. The minimum Gasteiger partial charge on any atom is -0.314 e. The molecule has 4 atom stereocenters. The van der Waals surface area contributed by atoms with E-state index in [2.05, 4.69) is 44.8 Å². The molecule has 1 aliphatic rings. The Morgan fingerprint density at radius 2 is 1.90 bits per heavy atom. The van der Waals surface area contributed by atoms with E-state index >= 15 is 0 Å². The van der Waals surface area contributed by atoms with Gasteiger partial charge in [-0.15, -0.1) is 0 Å². The minimum absolute atomic E-state index is 0.763. The summed E-state index contributed by atoms with van der Waals surface area (Å²) in [4.78, 5) is 2.71. The zero-order valence-electron chi connectivity index (χ0n) is 15.3. The highest BCUT2D eigenvalue weighted by atomic mass is 15.1. The van der Waals surface area contributed by atoms with Crippen LogP contribution in [0.25, 0.3) is 0 Å². The van der Waals surface area contributed by atoms with Crippen molar-refractivity contribution in [2.75, 3.05) is 26.2 Å². The van der Waals surface area contributed by atoms with Gasteiger partial charge in [-0.25, -0.2) is 0 Å². The van der Waals surface area contributed by atoms with E-state index in [0.717, 1.165) is 23.8 Å². The first kappa shape index (κ1) is 19.0. The molecule has 4 unspecified atom stereocenters. The highest BCUT2D eigenvalue weighted by molar-refractivity contribution is 4.86. The van der Waals surface area contributed by atoms with Gasteiger partial charge in [0.15, 0.2) is 0 Å². The fraction of sp³-hybridized carbons (Fsp3) is 1.00. The summed E-state index contributed by atoms with van der Waals surface area (Å²) in [5.74, 6) is 2.66. The van der Waals surface area contributed by atoms with Gasteiger partial charge in [-0.3, -0.25) is 0 Å². The van der Waals surface area contributed by atoms with Gasteiger partial charge in [0, 0.05) is 19.1 Å². The minimum atomic E-state index is 0.763. The van der Waals surface area contributed by atoms with Crippen LogP contribution in [0.5, 0.6) is 0 Å². The number of rotatable bonds is 10. The SMILES string of the molecule is CCCNC1CCC(CC)CC1CN(CC)CC(C)CC. The van der Waals surface area contributed by atoms with Gasteiger partial charge in [-0.2, -0.15) is 0 Å². The molecule has 21 heavy (non-hydrogen) atoms. The van der Waals surface area contributed by atoms with Crippen LogP contribution in [0.3, 0.4) is 0 Å². The summed E-state index contributed by atoms with van der Waals surface area (Å²) in [6, 6.07) is 0.763. The summed E-state index contributed by atoms with van der Waals surface area (Å²) in [6.07, 6.45) is 8.19. The molecule has 1 aliphatic carbocycles. The van der Waals surface area contributed by atoms with E-state index in [4.69, 9.17) is 0 Å². The molecule has 0 bridgehead atoms. The van der Waals surface area contributed by atoms with E-state index in [1.807, 2.05) is 0 Å². The number of hydrogen-bond donors (Lipinski definition) is 1. The molecule has 2 nitrogen and oxygen atoms in total. The van der Waals surface area contributed by atoms with Crippen molar-refractivity contribution in [1.29, 1.82) is 0 Å². The monoisotopic (exact) mass is 296 g/mol. The second-order valence-corrected chi connectivity index (χ2v) is 7.27. The van der Waals surface area contributed by atoms with Gasteiger partial charge < -0.3 is 10.2 Å². The highest BCUT2D eigenvalue weighted by Crippen LogP contribution is 2.32. The van der Waals surface area contributed by atoms with Gasteiger partial charge in [0.1, 0.15) is 0 Å². The third kappa shape index (κ3) is 6.69. The molecule has 2 heteroatoms. The van der Waals surface area contributed by atoms with Crippen LogP contribution in [0.15, 0.2) is 0 Å². The van der Waals surface area contributed by atoms with Crippen LogP contribution in [0.4, 0.5) is 0 Å². The third-order valence-corrected chi connectivity index (χ3v) is 5.53. The van der Waals surface area contributed by atoms with E-state index < -0.39 is 0 Å². The zero-order valence-corrected chi connectivity index (χ0v) is 15.3. The lowest BCUT2D eigenvalue weighted by molar-refractivity contribution is 0.131. The molecule has 0 aromatic rings. The van der Waals surface area contributed by atoms with Crippen LogP contribution in [0.2, 0.25) is 0 Å². The van der Waals surface area contributed by atoms with Crippen LogP contribution >= 0.6 is 0 Å². The summed E-state index contributed by atoms with van der Waals surface area (Å²) in [6.45, 7) is 16.7. The highest BCUT2D eigenvalue weighted by Gasteiger charge is 2.30. The first-order chi connectivity index (χ1) is 10.1. The van der Waals surface area contributed by atoms with Crippen molar-refractivity contribution < 1.29 is 0 Å². The second kappa shape index (κ2) is 10.6. The van der Waals surface area contributed by atoms with Gasteiger partial charge in [0.2, 0.25) is 0 Å². The molecule has 0 aliphatic heterocycles. The topological polar surface area (TPSA) is 15.3 Å². The van der Waals surface area contributed by atoms with Crippen LogP contribution in [0.1, 0.15) is 73.1 Å².